The van der Waals surface area contributed by atoms with Crippen molar-refractivity contribution < 1.29 is 14.3 Å². The van der Waals surface area contributed by atoms with Gasteiger partial charge in [-0.15, -0.1) is 0 Å². The molecule has 0 aliphatic rings. The van der Waals surface area contributed by atoms with Crippen LogP contribution in [-0.4, -0.2) is 29.7 Å². The molecule has 0 atom stereocenters. The van der Waals surface area contributed by atoms with Crippen molar-refractivity contribution in [3.8, 4) is 0 Å². The van der Waals surface area contributed by atoms with Gasteiger partial charge in [-0.3, -0.25) is 4.79 Å². The molecule has 1 amide bonds. The van der Waals surface area contributed by atoms with Crippen molar-refractivity contribution >= 4 is 35.3 Å². The lowest BCUT2D eigenvalue weighted by Crippen LogP contribution is -2.31. The van der Waals surface area contributed by atoms with E-state index < -0.39 is 5.24 Å². The molecule has 0 saturated heterocycles. The van der Waals surface area contributed by atoms with E-state index in [1.807, 2.05) is 13.8 Å². The fourth-order valence-corrected chi connectivity index (χ4v) is 0.363. The zero-order valence-corrected chi connectivity index (χ0v) is 10.2. The van der Waals surface area contributed by atoms with Crippen LogP contribution < -0.4 is 11.5 Å². The van der Waals surface area contributed by atoms with Crippen LogP contribution in [-0.2, 0) is 9.47 Å². The second kappa shape index (κ2) is 7.84. The van der Waals surface area contributed by atoms with Crippen LogP contribution in [0.5, 0.6) is 0 Å². The third-order valence-electron chi connectivity index (χ3n) is 1.11. The van der Waals surface area contributed by atoms with Crippen molar-refractivity contribution in [1.82, 2.24) is 0 Å². The molecule has 0 bridgehead atoms. The summed E-state index contributed by atoms with van der Waals surface area (Å²) in [7, 11) is 1.61. The van der Waals surface area contributed by atoms with Gasteiger partial charge in [0, 0.05) is 7.11 Å². The number of amides is 1. The van der Waals surface area contributed by atoms with Gasteiger partial charge in [0.05, 0.1) is 5.60 Å². The highest BCUT2D eigenvalue weighted by Crippen LogP contribution is 2.06. The van der Waals surface area contributed by atoms with Crippen LogP contribution in [0.4, 0.5) is 4.79 Å². The molecule has 0 spiro atoms. The molecule has 84 valence electrons. The van der Waals surface area contributed by atoms with Crippen LogP contribution in [0.2, 0.25) is 0 Å². The number of nitrogens with two attached hydrogens (primary N) is 2. The molecule has 14 heavy (non-hydrogen) atoms. The van der Waals surface area contributed by atoms with Crippen LogP contribution in [0.1, 0.15) is 13.8 Å². The Morgan fingerprint density at radius 3 is 2.07 bits per heavy atom. The van der Waals surface area contributed by atoms with Crippen LogP contribution >= 0.6 is 24.8 Å². The average molecular weight is 240 g/mol. The standard InChI is InChI=1S/C6H13NO2S.CH3NOS/c1-6(2,8-3)4-9-5(7)10;2-1(3)4/h4H2,1-3H3,(H2,7,10);(H3,2,3,4). The molecule has 0 aliphatic carbocycles. The summed E-state index contributed by atoms with van der Waals surface area (Å²) in [5.74, 6) is 0. The first-order valence-electron chi connectivity index (χ1n) is 3.67. The molecule has 0 aliphatic heterocycles. The van der Waals surface area contributed by atoms with Gasteiger partial charge in [0.15, 0.2) is 0 Å². The summed E-state index contributed by atoms with van der Waals surface area (Å²) in [6.07, 6.45) is 0. The summed E-state index contributed by atoms with van der Waals surface area (Å²) in [6.45, 7) is 4.18. The van der Waals surface area contributed by atoms with E-state index in [0.29, 0.717) is 6.61 Å². The van der Waals surface area contributed by atoms with Gasteiger partial charge >= 0.3 is 0 Å². The van der Waals surface area contributed by atoms with Crippen molar-refractivity contribution in [2.75, 3.05) is 13.7 Å². The van der Waals surface area contributed by atoms with Gasteiger partial charge in [0.2, 0.25) is 0 Å². The molecule has 0 aromatic rings. The lowest BCUT2D eigenvalue weighted by Gasteiger charge is -2.21. The second-order valence-electron chi connectivity index (χ2n) is 2.91. The van der Waals surface area contributed by atoms with Crippen LogP contribution in [0.25, 0.3) is 0 Å². The van der Waals surface area contributed by atoms with Gasteiger partial charge in [-0.05, 0) is 26.1 Å². The molecule has 4 N–H and O–H groups in total. The lowest BCUT2D eigenvalue weighted by molar-refractivity contribution is -0.0177. The Kier molecular flexibility index (Phi) is 8.91. The van der Waals surface area contributed by atoms with Gasteiger partial charge in [0.1, 0.15) is 6.61 Å². The third kappa shape index (κ3) is 17.5. The predicted octanol–water partition coefficient (Wildman–Crippen LogP) is 0.667. The van der Waals surface area contributed by atoms with Crippen LogP contribution in [0.3, 0.4) is 0 Å². The van der Waals surface area contributed by atoms with Gasteiger partial charge < -0.3 is 20.9 Å². The minimum atomic E-state index is -0.639. The smallest absolute Gasteiger partial charge is 0.273 e. The first kappa shape index (κ1) is 15.9. The third-order valence-corrected chi connectivity index (χ3v) is 1.23. The van der Waals surface area contributed by atoms with E-state index in [1.54, 1.807) is 7.11 Å². The first-order valence-corrected chi connectivity index (χ1v) is 4.52. The zero-order chi connectivity index (χ0) is 11.8. The van der Waals surface area contributed by atoms with Crippen molar-refractivity contribution in [1.29, 1.82) is 0 Å². The molecule has 0 radical (unpaired) electrons. The summed E-state index contributed by atoms with van der Waals surface area (Å²) in [5.41, 5.74) is 9.13. The Bertz CT molecular complexity index is 193. The Labute approximate surface area is 94.5 Å². The SMILES string of the molecule is COC(C)(C)COC(N)=S.NC(=O)S. The van der Waals surface area contributed by atoms with E-state index in [1.165, 1.54) is 0 Å². The number of methoxy groups -OCH3 is 1. The van der Waals surface area contributed by atoms with E-state index in [-0.39, 0.29) is 10.8 Å². The van der Waals surface area contributed by atoms with Crippen LogP contribution in [0.15, 0.2) is 0 Å². The van der Waals surface area contributed by atoms with Crippen LogP contribution in [0, 0.1) is 0 Å². The highest BCUT2D eigenvalue weighted by molar-refractivity contribution is 7.96. The van der Waals surface area contributed by atoms with Crippen molar-refractivity contribution in [3.63, 3.8) is 0 Å². The fraction of sp³-hybridized carbons (Fsp3) is 0.714. The normalized spacial score (nSPS) is 9.71. The molecular formula is C7H16N2O3S2. The molecule has 7 heteroatoms. The predicted molar refractivity (Wildman–Crippen MR) is 62.4 cm³/mol. The lowest BCUT2D eigenvalue weighted by atomic mass is 10.2. The molecule has 0 rings (SSSR count). The number of ether oxygens (including phenoxy) is 2. The van der Waals surface area contributed by atoms with E-state index in [4.69, 9.17) is 20.0 Å². The summed E-state index contributed by atoms with van der Waals surface area (Å²) < 4.78 is 9.93. The number of thiol groups is 1. The number of primary amides is 1. The molecule has 0 fully saturated rings. The zero-order valence-electron chi connectivity index (χ0n) is 8.44. The summed E-state index contributed by atoms with van der Waals surface area (Å²) in [5, 5.41) is -0.579. The highest BCUT2D eigenvalue weighted by atomic mass is 32.1. The molecule has 0 heterocycles. The largest absolute Gasteiger partial charge is 0.468 e. The second-order valence-corrected chi connectivity index (χ2v) is 3.75. The average Bonchev–Trinajstić information content (AvgIpc) is 2.00. The number of rotatable bonds is 3. The molecular weight excluding hydrogens is 224 g/mol. The Balaban J connectivity index is 0. The van der Waals surface area contributed by atoms with E-state index >= 15 is 0 Å². The summed E-state index contributed by atoms with van der Waals surface area (Å²) >= 11 is 7.62. The monoisotopic (exact) mass is 240 g/mol. The van der Waals surface area contributed by atoms with Crippen molar-refractivity contribution in [2.45, 2.75) is 19.4 Å². The summed E-state index contributed by atoms with van der Waals surface area (Å²) in [6, 6.07) is 0. The number of hydrogen-bond acceptors (Lipinski definition) is 4. The molecule has 0 unspecified atom stereocenters. The molecule has 0 saturated carbocycles. The number of hydrogen-bond donors (Lipinski definition) is 3. The van der Waals surface area contributed by atoms with Gasteiger partial charge in [0.25, 0.3) is 10.4 Å². The Morgan fingerprint density at radius 2 is 1.86 bits per heavy atom. The summed E-state index contributed by atoms with van der Waals surface area (Å²) in [4.78, 5) is 9.09. The maximum absolute atomic E-state index is 9.09. The van der Waals surface area contributed by atoms with Crippen molar-refractivity contribution in [3.05, 3.63) is 0 Å². The molecule has 5 nitrogen and oxygen atoms in total. The first-order chi connectivity index (χ1) is 6.21. The molecule has 0 aromatic heterocycles. The van der Waals surface area contributed by atoms with E-state index in [2.05, 4.69) is 30.6 Å². The van der Waals surface area contributed by atoms with E-state index in [9.17, 15) is 0 Å². The van der Waals surface area contributed by atoms with Crippen molar-refractivity contribution in [2.24, 2.45) is 11.5 Å². The highest BCUT2D eigenvalue weighted by Gasteiger charge is 2.16. The maximum atomic E-state index is 9.09. The Hall–Kier alpha value is -0.530. The Morgan fingerprint density at radius 1 is 1.50 bits per heavy atom. The molecule has 0 aromatic carbocycles. The topological polar surface area (TPSA) is 87.6 Å². The minimum Gasteiger partial charge on any atom is -0.468 e. The quantitative estimate of drug-likeness (QED) is 0.498. The minimum absolute atomic E-state index is 0.0603. The van der Waals surface area contributed by atoms with E-state index in [0.717, 1.165) is 0 Å². The number of thiocarbonyl (C=S) groups is 1. The van der Waals surface area contributed by atoms with Gasteiger partial charge in [-0.25, -0.2) is 0 Å². The van der Waals surface area contributed by atoms with Gasteiger partial charge in [-0.2, -0.15) is 0 Å². The fourth-order valence-electron chi connectivity index (χ4n) is 0.304. The number of carbonyl (C=O) groups excluding carboxylic acids is 1. The van der Waals surface area contributed by atoms with Gasteiger partial charge in [-0.1, -0.05) is 12.6 Å². The maximum Gasteiger partial charge on any atom is 0.273 e. The number of carbonyl (C=O) groups is 1.